The number of carbonyl (C=O) groups excluding carboxylic acids is 2. The third-order valence-electron chi connectivity index (χ3n) is 5.56. The maximum absolute atomic E-state index is 12.4. The van der Waals surface area contributed by atoms with Crippen LogP contribution in [0.25, 0.3) is 6.08 Å². The molecule has 1 saturated heterocycles. The van der Waals surface area contributed by atoms with E-state index in [0.717, 1.165) is 44.0 Å². The number of hydrogen-bond donors (Lipinski definition) is 3. The normalized spacial score (nSPS) is 14.9. The summed E-state index contributed by atoms with van der Waals surface area (Å²) in [5.41, 5.74) is 5.14. The topological polar surface area (TPSA) is 90.9 Å². The zero-order valence-corrected chi connectivity index (χ0v) is 19.6. The van der Waals surface area contributed by atoms with Gasteiger partial charge >= 0.3 is 0 Å². The van der Waals surface area contributed by atoms with Gasteiger partial charge in [0.1, 0.15) is 6.04 Å². The Labute approximate surface area is 200 Å². The second-order valence-electron chi connectivity index (χ2n) is 8.48. The molecule has 1 aliphatic heterocycles. The Morgan fingerprint density at radius 3 is 2.38 bits per heavy atom. The summed E-state index contributed by atoms with van der Waals surface area (Å²) < 4.78 is 5.39. The zero-order valence-electron chi connectivity index (χ0n) is 19.6. The number of allylic oxidation sites excluding steroid dienone is 1. The molecule has 0 bridgehead atoms. The van der Waals surface area contributed by atoms with E-state index >= 15 is 0 Å². The van der Waals surface area contributed by atoms with E-state index in [4.69, 9.17) is 9.94 Å². The summed E-state index contributed by atoms with van der Waals surface area (Å²) >= 11 is 0. The fraction of sp³-hybridized carbons (Fsp3) is 0.333. The van der Waals surface area contributed by atoms with Gasteiger partial charge in [-0.15, -0.1) is 0 Å². The van der Waals surface area contributed by atoms with Gasteiger partial charge in [0.2, 0.25) is 0 Å². The van der Waals surface area contributed by atoms with E-state index in [9.17, 15) is 9.59 Å². The molecule has 34 heavy (non-hydrogen) atoms. The van der Waals surface area contributed by atoms with Crippen molar-refractivity contribution in [2.24, 2.45) is 5.92 Å². The maximum atomic E-state index is 12.4. The SMILES string of the molecule is CC(C)C(NC(=O)c1ccc(C#C/C=C/c2ccc(CN3CCOCC3)cc2)cc1)C(=O)NO. The van der Waals surface area contributed by atoms with Gasteiger partial charge in [0, 0.05) is 30.8 Å². The number of ether oxygens (including phenoxy) is 1. The molecule has 1 fully saturated rings. The minimum Gasteiger partial charge on any atom is -0.379 e. The van der Waals surface area contributed by atoms with Crippen molar-refractivity contribution >= 4 is 17.9 Å². The molecule has 3 rings (SSSR count). The van der Waals surface area contributed by atoms with Crippen LogP contribution in [0.3, 0.4) is 0 Å². The molecule has 3 N–H and O–H groups in total. The number of rotatable bonds is 7. The maximum Gasteiger partial charge on any atom is 0.266 e. The van der Waals surface area contributed by atoms with Crippen LogP contribution in [0.4, 0.5) is 0 Å². The van der Waals surface area contributed by atoms with Gasteiger partial charge in [-0.3, -0.25) is 19.7 Å². The minimum absolute atomic E-state index is 0.172. The van der Waals surface area contributed by atoms with Crippen LogP contribution in [-0.4, -0.2) is 54.3 Å². The van der Waals surface area contributed by atoms with Gasteiger partial charge < -0.3 is 10.1 Å². The molecule has 2 aromatic carbocycles. The fourth-order valence-electron chi connectivity index (χ4n) is 3.55. The average Bonchev–Trinajstić information content (AvgIpc) is 2.86. The molecular weight excluding hydrogens is 430 g/mol. The highest BCUT2D eigenvalue weighted by atomic mass is 16.5. The lowest BCUT2D eigenvalue weighted by Gasteiger charge is -2.26. The van der Waals surface area contributed by atoms with Crippen molar-refractivity contribution in [2.75, 3.05) is 26.3 Å². The first-order chi connectivity index (χ1) is 16.5. The summed E-state index contributed by atoms with van der Waals surface area (Å²) in [6.45, 7) is 8.06. The largest absolute Gasteiger partial charge is 0.379 e. The third kappa shape index (κ3) is 7.56. The molecule has 0 radical (unpaired) electrons. The Hall–Kier alpha value is -3.44. The van der Waals surface area contributed by atoms with Gasteiger partial charge in [-0.2, -0.15) is 0 Å². The monoisotopic (exact) mass is 461 g/mol. The van der Waals surface area contributed by atoms with Gasteiger partial charge in [-0.05, 0) is 53.5 Å². The van der Waals surface area contributed by atoms with Crippen LogP contribution in [0, 0.1) is 17.8 Å². The number of hydrogen-bond acceptors (Lipinski definition) is 5. The molecule has 0 saturated carbocycles. The Morgan fingerprint density at radius 1 is 1.09 bits per heavy atom. The number of hydroxylamine groups is 1. The van der Waals surface area contributed by atoms with Crippen LogP contribution >= 0.6 is 0 Å². The van der Waals surface area contributed by atoms with Crippen molar-refractivity contribution in [1.29, 1.82) is 0 Å². The predicted octanol–water partition coefficient (Wildman–Crippen LogP) is 2.84. The lowest BCUT2D eigenvalue weighted by atomic mass is 10.0. The van der Waals surface area contributed by atoms with Crippen molar-refractivity contribution in [1.82, 2.24) is 15.7 Å². The predicted molar refractivity (Wildman–Crippen MR) is 131 cm³/mol. The number of benzene rings is 2. The van der Waals surface area contributed by atoms with Crippen LogP contribution < -0.4 is 10.8 Å². The smallest absolute Gasteiger partial charge is 0.266 e. The van der Waals surface area contributed by atoms with Crippen molar-refractivity contribution < 1.29 is 19.5 Å². The quantitative estimate of drug-likeness (QED) is 0.335. The summed E-state index contributed by atoms with van der Waals surface area (Å²) in [7, 11) is 0. The van der Waals surface area contributed by atoms with E-state index in [-0.39, 0.29) is 5.92 Å². The second kappa shape index (κ2) is 12.7. The Bertz CT molecular complexity index is 1040. The Morgan fingerprint density at radius 2 is 1.76 bits per heavy atom. The van der Waals surface area contributed by atoms with Crippen molar-refractivity contribution in [3.63, 3.8) is 0 Å². The zero-order chi connectivity index (χ0) is 24.3. The van der Waals surface area contributed by atoms with Gasteiger partial charge in [0.25, 0.3) is 11.8 Å². The molecule has 1 unspecified atom stereocenters. The molecule has 1 aliphatic rings. The molecule has 1 atom stereocenters. The summed E-state index contributed by atoms with van der Waals surface area (Å²) in [6, 6.07) is 14.5. The van der Waals surface area contributed by atoms with Crippen LogP contribution in [-0.2, 0) is 16.1 Å². The van der Waals surface area contributed by atoms with Gasteiger partial charge in [0.15, 0.2) is 0 Å². The number of amides is 2. The first-order valence-electron chi connectivity index (χ1n) is 11.4. The van der Waals surface area contributed by atoms with E-state index in [0.29, 0.717) is 5.56 Å². The van der Waals surface area contributed by atoms with E-state index in [1.165, 1.54) is 5.56 Å². The standard InChI is InChI=1S/C27H31N3O4/c1-20(2)25(27(32)29-33)28-26(31)24-13-11-22(12-14-24)6-4-3-5-21-7-9-23(10-8-21)19-30-15-17-34-18-16-30/h3,5,7-14,20,25,33H,15-19H2,1-2H3,(H,28,31)(H,29,32)/b5-3+. The van der Waals surface area contributed by atoms with E-state index in [1.54, 1.807) is 49.7 Å². The van der Waals surface area contributed by atoms with Gasteiger partial charge in [-0.1, -0.05) is 50.0 Å². The summed E-state index contributed by atoms with van der Waals surface area (Å²) in [5.74, 6) is 4.85. The number of carbonyl (C=O) groups is 2. The molecule has 0 spiro atoms. The third-order valence-corrected chi connectivity index (χ3v) is 5.56. The highest BCUT2D eigenvalue weighted by Gasteiger charge is 2.24. The van der Waals surface area contributed by atoms with Crippen molar-refractivity contribution in [3.8, 4) is 11.8 Å². The number of nitrogens with zero attached hydrogens (tertiary/aromatic N) is 1. The van der Waals surface area contributed by atoms with Crippen LogP contribution in [0.5, 0.6) is 0 Å². The summed E-state index contributed by atoms with van der Waals surface area (Å²) in [4.78, 5) is 26.5. The molecule has 1 heterocycles. The Kier molecular flexibility index (Phi) is 9.41. The van der Waals surface area contributed by atoms with Crippen LogP contribution in [0.15, 0.2) is 54.6 Å². The van der Waals surface area contributed by atoms with Crippen LogP contribution in [0.2, 0.25) is 0 Å². The van der Waals surface area contributed by atoms with Gasteiger partial charge in [-0.25, -0.2) is 5.48 Å². The molecule has 2 aromatic rings. The highest BCUT2D eigenvalue weighted by molar-refractivity contribution is 5.97. The molecule has 0 aliphatic carbocycles. The fourth-order valence-corrected chi connectivity index (χ4v) is 3.55. The lowest BCUT2D eigenvalue weighted by Crippen LogP contribution is -2.48. The number of nitrogens with one attached hydrogen (secondary N) is 2. The molecule has 7 nitrogen and oxygen atoms in total. The summed E-state index contributed by atoms with van der Waals surface area (Å²) in [6.07, 6.45) is 3.77. The van der Waals surface area contributed by atoms with Crippen LogP contribution in [0.1, 0.15) is 40.9 Å². The Balaban J connectivity index is 1.53. The number of morpholine rings is 1. The first-order valence-corrected chi connectivity index (χ1v) is 11.4. The van der Waals surface area contributed by atoms with E-state index < -0.39 is 17.9 Å². The molecule has 0 aromatic heterocycles. The molecule has 7 heteroatoms. The minimum atomic E-state index is -0.824. The second-order valence-corrected chi connectivity index (χ2v) is 8.48. The average molecular weight is 462 g/mol. The molecular formula is C27H31N3O4. The van der Waals surface area contributed by atoms with E-state index in [1.807, 2.05) is 6.08 Å². The summed E-state index contributed by atoms with van der Waals surface area (Å²) in [5, 5.41) is 11.5. The lowest BCUT2D eigenvalue weighted by molar-refractivity contribution is -0.132. The molecule has 178 valence electrons. The van der Waals surface area contributed by atoms with Crippen molar-refractivity contribution in [2.45, 2.75) is 26.4 Å². The van der Waals surface area contributed by atoms with E-state index in [2.05, 4.69) is 46.3 Å². The van der Waals surface area contributed by atoms with Crippen molar-refractivity contribution in [3.05, 3.63) is 76.9 Å². The van der Waals surface area contributed by atoms with Gasteiger partial charge in [0.05, 0.1) is 13.2 Å². The first kappa shape index (κ1) is 25.2. The molecule has 2 amide bonds. The highest BCUT2D eigenvalue weighted by Crippen LogP contribution is 2.11.